The molecule has 4 aromatic rings. The molecule has 0 spiro atoms. The van der Waals surface area contributed by atoms with Crippen molar-refractivity contribution in [1.29, 1.82) is 0 Å². The summed E-state index contributed by atoms with van der Waals surface area (Å²) < 4.78 is 18.9. The Balaban J connectivity index is 1.47. The zero-order chi connectivity index (χ0) is 20.8. The summed E-state index contributed by atoms with van der Waals surface area (Å²) in [4.78, 5) is 4.75. The Labute approximate surface area is 179 Å². The Bertz CT molecular complexity index is 1130. The number of aromatic nitrogens is 1. The molecule has 0 bridgehead atoms. The van der Waals surface area contributed by atoms with Crippen molar-refractivity contribution in [1.82, 2.24) is 4.98 Å². The van der Waals surface area contributed by atoms with E-state index in [1.807, 2.05) is 25.2 Å². The predicted octanol–water partition coefficient (Wildman–Crippen LogP) is 6.91. The lowest BCUT2D eigenvalue weighted by Gasteiger charge is -2.03. The molecule has 1 aromatic heterocycles. The number of benzene rings is 3. The van der Waals surface area contributed by atoms with Crippen LogP contribution < -0.4 is 10.1 Å². The van der Waals surface area contributed by atoms with Crippen LogP contribution in [0, 0.1) is 0 Å². The predicted molar refractivity (Wildman–Crippen MR) is 126 cm³/mol. The number of ether oxygens (including phenoxy) is 1. The molecule has 0 saturated heterocycles. The van der Waals surface area contributed by atoms with Crippen LogP contribution in [-0.2, 0) is 0 Å². The molecule has 0 fully saturated rings. The molecule has 3 aromatic carbocycles. The summed E-state index contributed by atoms with van der Waals surface area (Å²) >= 11 is 1.66. The quantitative estimate of drug-likeness (QED) is 0.249. The molecule has 0 unspecified atom stereocenters. The van der Waals surface area contributed by atoms with Gasteiger partial charge < -0.3 is 10.1 Å². The summed E-state index contributed by atoms with van der Waals surface area (Å²) in [6, 6.07) is 22.6. The lowest BCUT2D eigenvalue weighted by atomic mass is 10.1. The normalized spacial score (nSPS) is 11.3. The van der Waals surface area contributed by atoms with Gasteiger partial charge in [0.1, 0.15) is 10.8 Å². The van der Waals surface area contributed by atoms with Gasteiger partial charge >= 0.3 is 0 Å². The van der Waals surface area contributed by atoms with Gasteiger partial charge in [0.15, 0.2) is 0 Å². The zero-order valence-corrected chi connectivity index (χ0v) is 17.6. The van der Waals surface area contributed by atoms with E-state index in [1.165, 1.54) is 0 Å². The van der Waals surface area contributed by atoms with Crippen LogP contribution >= 0.6 is 11.3 Å². The number of nitrogens with zero attached hydrogens (tertiary/aromatic N) is 1. The van der Waals surface area contributed by atoms with Crippen LogP contribution in [0.5, 0.6) is 5.75 Å². The number of halogens is 1. The molecule has 3 nitrogen and oxygen atoms in total. The second-order valence-corrected chi connectivity index (χ2v) is 7.90. The van der Waals surface area contributed by atoms with Gasteiger partial charge in [0.25, 0.3) is 0 Å². The minimum absolute atomic E-state index is 0.364. The van der Waals surface area contributed by atoms with Crippen LogP contribution in [0.2, 0.25) is 0 Å². The van der Waals surface area contributed by atoms with E-state index in [4.69, 9.17) is 9.72 Å². The van der Waals surface area contributed by atoms with Gasteiger partial charge in [0.05, 0.1) is 23.5 Å². The van der Waals surface area contributed by atoms with Gasteiger partial charge in [0.2, 0.25) is 0 Å². The minimum Gasteiger partial charge on any atom is -0.493 e. The first kappa shape index (κ1) is 20.1. The van der Waals surface area contributed by atoms with Gasteiger partial charge in [0, 0.05) is 30.8 Å². The van der Waals surface area contributed by atoms with Crippen molar-refractivity contribution in [3.63, 3.8) is 0 Å². The molecule has 1 N–H and O–H groups in total. The van der Waals surface area contributed by atoms with Gasteiger partial charge in [-0.2, -0.15) is 0 Å². The average Bonchev–Trinajstić information content (AvgIpc) is 3.22. The standard InChI is InChI=1S/C25H23FN2OS/c1-27-21-11-7-19(8-12-21)4-3-18-5-9-20(10-6-18)25-28-23-17-22(29-16-2-15-26)13-14-24(23)30-25/h3-14,17,27H,2,15-16H2,1H3/b4-3+. The van der Waals surface area contributed by atoms with Crippen LogP contribution in [0.1, 0.15) is 17.5 Å². The van der Waals surface area contributed by atoms with E-state index in [2.05, 4.69) is 66.0 Å². The number of fused-ring (bicyclic) bond motifs is 1. The van der Waals surface area contributed by atoms with E-state index in [9.17, 15) is 4.39 Å². The fourth-order valence-corrected chi connectivity index (χ4v) is 4.01. The third-order valence-electron chi connectivity index (χ3n) is 4.73. The third kappa shape index (κ3) is 4.86. The monoisotopic (exact) mass is 418 g/mol. The van der Waals surface area contributed by atoms with Gasteiger partial charge in [-0.3, -0.25) is 4.39 Å². The first-order valence-electron chi connectivity index (χ1n) is 9.91. The largest absolute Gasteiger partial charge is 0.493 e. The summed E-state index contributed by atoms with van der Waals surface area (Å²) in [6.45, 7) is 0.0184. The molecule has 0 aliphatic heterocycles. The van der Waals surface area contributed by atoms with Crippen molar-refractivity contribution in [3.8, 4) is 16.3 Å². The molecule has 0 aliphatic carbocycles. The maximum Gasteiger partial charge on any atom is 0.124 e. The number of hydrogen-bond acceptors (Lipinski definition) is 4. The van der Waals surface area contributed by atoms with Crippen molar-refractivity contribution < 1.29 is 9.13 Å². The highest BCUT2D eigenvalue weighted by molar-refractivity contribution is 7.21. The molecular weight excluding hydrogens is 395 g/mol. The van der Waals surface area contributed by atoms with Crippen molar-refractivity contribution in [2.24, 2.45) is 0 Å². The highest BCUT2D eigenvalue weighted by Gasteiger charge is 2.07. The highest BCUT2D eigenvalue weighted by atomic mass is 32.1. The molecule has 1 heterocycles. The first-order valence-corrected chi connectivity index (χ1v) is 10.7. The molecule has 30 heavy (non-hydrogen) atoms. The lowest BCUT2D eigenvalue weighted by Crippen LogP contribution is -1.97. The van der Waals surface area contributed by atoms with Crippen LogP contribution in [0.4, 0.5) is 10.1 Å². The van der Waals surface area contributed by atoms with Crippen molar-refractivity contribution >= 4 is 39.4 Å². The average molecular weight is 419 g/mol. The Kier molecular flexibility index (Phi) is 6.40. The summed E-state index contributed by atoms with van der Waals surface area (Å²) in [5.41, 5.74) is 5.40. The van der Waals surface area contributed by atoms with Gasteiger partial charge in [-0.05, 0) is 35.4 Å². The SMILES string of the molecule is CNc1ccc(/C=C/c2ccc(-c3nc4cc(OCCCF)ccc4s3)cc2)cc1. The van der Waals surface area contributed by atoms with E-state index in [-0.39, 0.29) is 6.67 Å². The number of thiazole rings is 1. The van der Waals surface area contributed by atoms with E-state index in [0.717, 1.165) is 43.4 Å². The van der Waals surface area contributed by atoms with Crippen molar-refractivity contribution in [2.75, 3.05) is 25.6 Å². The molecule has 0 radical (unpaired) electrons. The van der Waals surface area contributed by atoms with E-state index in [0.29, 0.717) is 13.0 Å². The molecule has 0 aliphatic rings. The van der Waals surface area contributed by atoms with E-state index < -0.39 is 0 Å². The fraction of sp³-hybridized carbons (Fsp3) is 0.160. The van der Waals surface area contributed by atoms with E-state index >= 15 is 0 Å². The van der Waals surface area contributed by atoms with Crippen LogP contribution in [0.25, 0.3) is 32.9 Å². The molecule has 0 saturated carbocycles. The third-order valence-corrected chi connectivity index (χ3v) is 5.82. The van der Waals surface area contributed by atoms with Gasteiger partial charge in [-0.25, -0.2) is 4.98 Å². The number of alkyl halides is 1. The summed E-state index contributed by atoms with van der Waals surface area (Å²) in [6.07, 6.45) is 4.62. The Morgan fingerprint density at radius 2 is 1.67 bits per heavy atom. The minimum atomic E-state index is -0.364. The van der Waals surface area contributed by atoms with Crippen molar-refractivity contribution in [3.05, 3.63) is 77.9 Å². The summed E-state index contributed by atoms with van der Waals surface area (Å²) in [5, 5.41) is 4.10. The number of anilines is 1. The van der Waals surface area contributed by atoms with Gasteiger partial charge in [-0.15, -0.1) is 11.3 Å². The second-order valence-electron chi connectivity index (χ2n) is 6.87. The Hall–Kier alpha value is -3.18. The zero-order valence-electron chi connectivity index (χ0n) is 16.8. The topological polar surface area (TPSA) is 34.2 Å². The highest BCUT2D eigenvalue weighted by Crippen LogP contribution is 2.32. The van der Waals surface area contributed by atoms with Crippen LogP contribution in [-0.4, -0.2) is 25.3 Å². The maximum atomic E-state index is 12.2. The number of nitrogens with one attached hydrogen (secondary N) is 1. The first-order chi connectivity index (χ1) is 14.7. The number of rotatable bonds is 8. The Morgan fingerprint density at radius 3 is 2.33 bits per heavy atom. The molecule has 5 heteroatoms. The summed E-state index contributed by atoms with van der Waals surface area (Å²) in [7, 11) is 1.92. The molecule has 0 amide bonds. The van der Waals surface area contributed by atoms with Crippen LogP contribution in [0.3, 0.4) is 0 Å². The second kappa shape index (κ2) is 9.55. The maximum absolute atomic E-state index is 12.2. The smallest absolute Gasteiger partial charge is 0.124 e. The van der Waals surface area contributed by atoms with Crippen LogP contribution in [0.15, 0.2) is 66.7 Å². The molecule has 152 valence electrons. The lowest BCUT2D eigenvalue weighted by molar-refractivity contribution is 0.290. The number of hydrogen-bond donors (Lipinski definition) is 1. The molecule has 4 rings (SSSR count). The van der Waals surface area contributed by atoms with Crippen molar-refractivity contribution in [2.45, 2.75) is 6.42 Å². The molecule has 0 atom stereocenters. The molecular formula is C25H23FN2OS. The summed E-state index contributed by atoms with van der Waals surface area (Å²) in [5.74, 6) is 0.732. The Morgan fingerprint density at radius 1 is 0.967 bits per heavy atom. The fourth-order valence-electron chi connectivity index (χ4n) is 3.06. The van der Waals surface area contributed by atoms with E-state index in [1.54, 1.807) is 11.3 Å². The van der Waals surface area contributed by atoms with Gasteiger partial charge in [-0.1, -0.05) is 48.6 Å².